The van der Waals surface area contributed by atoms with Gasteiger partial charge in [0.25, 0.3) is 11.8 Å². The maximum Gasteiger partial charge on any atom is 0.407 e. The van der Waals surface area contributed by atoms with Crippen LogP contribution in [0.4, 0.5) is 4.79 Å². The van der Waals surface area contributed by atoms with Crippen molar-refractivity contribution in [1.29, 1.82) is 0 Å². The normalized spacial score (nSPS) is 14.4. The number of nitrogens with one attached hydrogen (secondary N) is 2. The van der Waals surface area contributed by atoms with Crippen molar-refractivity contribution < 1.29 is 23.9 Å². The van der Waals surface area contributed by atoms with Gasteiger partial charge in [0.2, 0.25) is 0 Å². The number of hydrogen-bond acceptors (Lipinski definition) is 5. The van der Waals surface area contributed by atoms with E-state index in [1.165, 1.54) is 4.90 Å². The number of imide groups is 1. The Hall–Kier alpha value is -3.81. The van der Waals surface area contributed by atoms with E-state index in [0.29, 0.717) is 23.3 Å². The van der Waals surface area contributed by atoms with E-state index >= 15 is 0 Å². The smallest absolute Gasteiger partial charge is 0.407 e. The van der Waals surface area contributed by atoms with Crippen LogP contribution >= 0.6 is 0 Å². The molecule has 8 nitrogen and oxygen atoms in total. The first-order valence-corrected chi connectivity index (χ1v) is 10.7. The minimum atomic E-state index is -0.682. The summed E-state index contributed by atoms with van der Waals surface area (Å²) in [5.41, 5.74) is 1.90. The Morgan fingerprint density at radius 3 is 2.36 bits per heavy atom. The van der Waals surface area contributed by atoms with Crippen molar-refractivity contribution in [2.45, 2.75) is 38.8 Å². The summed E-state index contributed by atoms with van der Waals surface area (Å²) in [7, 11) is 1.60. The highest BCUT2D eigenvalue weighted by molar-refractivity contribution is 6.21. The molecule has 0 radical (unpaired) electrons. The minimum absolute atomic E-state index is 0.0161. The number of fused-ring (bicyclic) bond motifs is 2. The van der Waals surface area contributed by atoms with Gasteiger partial charge < -0.3 is 19.8 Å². The van der Waals surface area contributed by atoms with Gasteiger partial charge in [0.1, 0.15) is 11.4 Å². The fourth-order valence-corrected chi connectivity index (χ4v) is 3.98. The van der Waals surface area contributed by atoms with E-state index in [-0.39, 0.29) is 18.4 Å². The number of H-pyrrole nitrogens is 1. The molecule has 0 bridgehead atoms. The van der Waals surface area contributed by atoms with Crippen LogP contribution in [-0.4, -0.2) is 53.1 Å². The van der Waals surface area contributed by atoms with Gasteiger partial charge in [0.15, 0.2) is 0 Å². The first-order valence-electron chi connectivity index (χ1n) is 10.7. The van der Waals surface area contributed by atoms with Gasteiger partial charge in [-0.2, -0.15) is 0 Å². The molecule has 0 spiro atoms. The Balaban J connectivity index is 1.61. The summed E-state index contributed by atoms with van der Waals surface area (Å²) in [5.74, 6) is -0.0280. The van der Waals surface area contributed by atoms with Gasteiger partial charge in [-0.1, -0.05) is 12.1 Å². The second-order valence-electron chi connectivity index (χ2n) is 9.04. The summed E-state index contributed by atoms with van der Waals surface area (Å²) in [6, 6.07) is 11.8. The zero-order chi connectivity index (χ0) is 23.8. The van der Waals surface area contributed by atoms with E-state index in [0.717, 1.165) is 16.5 Å². The standard InChI is InChI=1S/C25H27N3O5/c1-25(2,3)33-24(31)27-16(11-15-13-26-21-10-9-17(32-4)12-20(15)21)14-28-22(29)18-7-5-6-8-19(18)23(28)30/h5-10,12-13,16,26H,11,14H2,1-4H3,(H,27,31)/t16-/m1/s1. The van der Waals surface area contributed by atoms with Crippen LogP contribution in [0.3, 0.4) is 0 Å². The van der Waals surface area contributed by atoms with Crippen LogP contribution in [0.2, 0.25) is 0 Å². The van der Waals surface area contributed by atoms with Gasteiger partial charge >= 0.3 is 6.09 Å². The van der Waals surface area contributed by atoms with Crippen molar-refractivity contribution in [1.82, 2.24) is 15.2 Å². The molecule has 0 fully saturated rings. The molecule has 33 heavy (non-hydrogen) atoms. The van der Waals surface area contributed by atoms with Gasteiger partial charge in [-0.25, -0.2) is 4.79 Å². The fraction of sp³-hybridized carbons (Fsp3) is 0.320. The van der Waals surface area contributed by atoms with E-state index in [1.54, 1.807) is 52.1 Å². The molecule has 172 valence electrons. The quantitative estimate of drug-likeness (QED) is 0.556. The molecule has 0 saturated heterocycles. The lowest BCUT2D eigenvalue weighted by molar-refractivity contribution is 0.0468. The number of carbonyl (C=O) groups is 3. The summed E-state index contributed by atoms with van der Waals surface area (Å²) in [5, 5.41) is 3.79. The SMILES string of the molecule is COc1ccc2[nH]cc(C[C@H](CN3C(=O)c4ccccc4C3=O)NC(=O)OC(C)(C)C)c2c1. The van der Waals surface area contributed by atoms with Crippen molar-refractivity contribution in [3.05, 3.63) is 65.4 Å². The number of ether oxygens (including phenoxy) is 2. The molecular weight excluding hydrogens is 422 g/mol. The zero-order valence-electron chi connectivity index (χ0n) is 19.1. The molecule has 1 aliphatic heterocycles. The first-order chi connectivity index (χ1) is 15.7. The third-order valence-electron chi connectivity index (χ3n) is 5.44. The molecule has 2 N–H and O–H groups in total. The number of nitrogens with zero attached hydrogens (tertiary/aromatic N) is 1. The molecule has 3 aromatic rings. The number of aromatic amines is 1. The predicted octanol–water partition coefficient (Wildman–Crippen LogP) is 3.91. The van der Waals surface area contributed by atoms with Crippen LogP contribution in [0.25, 0.3) is 10.9 Å². The summed E-state index contributed by atoms with van der Waals surface area (Å²) in [6.07, 6.45) is 1.62. The maximum atomic E-state index is 12.9. The number of rotatable bonds is 6. The molecule has 1 aliphatic rings. The minimum Gasteiger partial charge on any atom is -0.497 e. The number of amides is 3. The zero-order valence-corrected chi connectivity index (χ0v) is 19.1. The van der Waals surface area contributed by atoms with Crippen molar-refractivity contribution >= 4 is 28.8 Å². The average molecular weight is 450 g/mol. The van der Waals surface area contributed by atoms with Crippen LogP contribution < -0.4 is 10.1 Å². The van der Waals surface area contributed by atoms with Gasteiger partial charge in [-0.05, 0) is 63.1 Å². The molecule has 0 unspecified atom stereocenters. The Labute approximate surface area is 191 Å². The van der Waals surface area contributed by atoms with Gasteiger partial charge in [-0.15, -0.1) is 0 Å². The predicted molar refractivity (Wildman–Crippen MR) is 124 cm³/mol. The highest BCUT2D eigenvalue weighted by Crippen LogP contribution is 2.26. The number of carbonyl (C=O) groups excluding carboxylic acids is 3. The summed E-state index contributed by atoms with van der Waals surface area (Å²) >= 11 is 0. The molecule has 1 atom stereocenters. The summed E-state index contributed by atoms with van der Waals surface area (Å²) < 4.78 is 10.8. The van der Waals surface area contributed by atoms with Gasteiger partial charge in [0, 0.05) is 17.1 Å². The molecular formula is C25H27N3O5. The van der Waals surface area contributed by atoms with E-state index in [4.69, 9.17) is 9.47 Å². The van der Waals surface area contributed by atoms with E-state index in [1.807, 2.05) is 24.4 Å². The van der Waals surface area contributed by atoms with Crippen molar-refractivity contribution in [2.75, 3.05) is 13.7 Å². The van der Waals surface area contributed by atoms with E-state index in [2.05, 4.69) is 10.3 Å². The van der Waals surface area contributed by atoms with Crippen LogP contribution in [0.1, 0.15) is 47.1 Å². The third-order valence-corrected chi connectivity index (χ3v) is 5.44. The second kappa shape index (κ2) is 8.61. The summed E-state index contributed by atoms with van der Waals surface area (Å²) in [6.45, 7) is 5.34. The molecule has 0 saturated carbocycles. The molecule has 1 aromatic heterocycles. The van der Waals surface area contributed by atoms with Gasteiger partial charge in [-0.3, -0.25) is 14.5 Å². The fourth-order valence-electron chi connectivity index (χ4n) is 3.98. The maximum absolute atomic E-state index is 12.9. The Morgan fingerprint density at radius 2 is 1.76 bits per heavy atom. The number of benzene rings is 2. The lowest BCUT2D eigenvalue weighted by Crippen LogP contribution is -2.48. The highest BCUT2D eigenvalue weighted by Gasteiger charge is 2.37. The number of hydrogen-bond donors (Lipinski definition) is 2. The molecule has 0 aliphatic carbocycles. The Kier molecular flexibility index (Phi) is 5.84. The van der Waals surface area contributed by atoms with Gasteiger partial charge in [0.05, 0.1) is 30.8 Å². The highest BCUT2D eigenvalue weighted by atomic mass is 16.6. The van der Waals surface area contributed by atoms with Crippen molar-refractivity contribution in [3.8, 4) is 5.75 Å². The van der Waals surface area contributed by atoms with Crippen LogP contribution in [0.5, 0.6) is 5.75 Å². The number of aromatic nitrogens is 1. The molecule has 2 aromatic carbocycles. The number of alkyl carbamates (subject to hydrolysis) is 1. The first kappa shape index (κ1) is 22.4. The summed E-state index contributed by atoms with van der Waals surface area (Å²) in [4.78, 5) is 42.8. The van der Waals surface area contributed by atoms with Crippen LogP contribution in [0.15, 0.2) is 48.7 Å². The topological polar surface area (TPSA) is 101 Å². The Bertz CT molecular complexity index is 1190. The largest absolute Gasteiger partial charge is 0.497 e. The van der Waals surface area contributed by atoms with Crippen molar-refractivity contribution in [2.24, 2.45) is 0 Å². The molecule has 8 heteroatoms. The second-order valence-corrected chi connectivity index (χ2v) is 9.04. The third kappa shape index (κ3) is 4.69. The monoisotopic (exact) mass is 449 g/mol. The number of methoxy groups -OCH3 is 1. The average Bonchev–Trinajstić information content (AvgIpc) is 3.26. The Morgan fingerprint density at radius 1 is 1.09 bits per heavy atom. The van der Waals surface area contributed by atoms with E-state index in [9.17, 15) is 14.4 Å². The lowest BCUT2D eigenvalue weighted by atomic mass is 10.0. The van der Waals surface area contributed by atoms with Crippen LogP contribution in [-0.2, 0) is 11.2 Å². The molecule has 2 heterocycles. The van der Waals surface area contributed by atoms with Crippen molar-refractivity contribution in [3.63, 3.8) is 0 Å². The van der Waals surface area contributed by atoms with E-state index < -0.39 is 17.7 Å². The lowest BCUT2D eigenvalue weighted by Gasteiger charge is -2.26. The van der Waals surface area contributed by atoms with Crippen LogP contribution in [0, 0.1) is 0 Å². The molecule has 4 rings (SSSR count). The molecule has 3 amide bonds.